The van der Waals surface area contributed by atoms with Crippen molar-refractivity contribution < 1.29 is 23.0 Å². The van der Waals surface area contributed by atoms with Crippen LogP contribution in [0.15, 0.2) is 41.5 Å². The molecule has 1 aromatic heterocycles. The average Bonchev–Trinajstić information content (AvgIpc) is 2.91. The van der Waals surface area contributed by atoms with Gasteiger partial charge >= 0.3 is 6.09 Å². The standard InChI is InChI=1S/C30H32F2N4O4/c1-29(2,3)40-28(38)35-14-12-30(13-15-35)10-8-19(9-11-30)36-18-34-25-7-4-20(16-21(25)27(36)37)39-26-22(17-33)23(31)5-6-24(26)32/h4-7,16,18-19H,8-15H2,1-3H3. The lowest BCUT2D eigenvalue weighted by Crippen LogP contribution is -2.46. The highest BCUT2D eigenvalue weighted by Crippen LogP contribution is 2.47. The monoisotopic (exact) mass is 550 g/mol. The van der Waals surface area contributed by atoms with E-state index >= 15 is 0 Å². The maximum absolute atomic E-state index is 14.3. The van der Waals surface area contributed by atoms with Crippen molar-refractivity contribution in [2.24, 2.45) is 5.41 Å². The number of piperidine rings is 1. The minimum absolute atomic E-state index is 0.0191. The summed E-state index contributed by atoms with van der Waals surface area (Å²) in [7, 11) is 0. The number of fused-ring (bicyclic) bond motifs is 1. The number of hydrogen-bond acceptors (Lipinski definition) is 6. The van der Waals surface area contributed by atoms with Crippen LogP contribution in [0.1, 0.15) is 70.9 Å². The number of rotatable bonds is 3. The van der Waals surface area contributed by atoms with Crippen molar-refractivity contribution in [3.8, 4) is 17.6 Å². The van der Waals surface area contributed by atoms with Crippen LogP contribution >= 0.6 is 0 Å². The first-order valence-electron chi connectivity index (χ1n) is 13.5. The van der Waals surface area contributed by atoms with Crippen LogP contribution in [-0.2, 0) is 4.74 Å². The molecule has 40 heavy (non-hydrogen) atoms. The van der Waals surface area contributed by atoms with Crippen molar-refractivity contribution in [3.63, 3.8) is 0 Å². The van der Waals surface area contributed by atoms with E-state index in [1.54, 1.807) is 27.9 Å². The van der Waals surface area contributed by atoms with E-state index in [4.69, 9.17) is 9.47 Å². The number of hydrogen-bond donors (Lipinski definition) is 0. The molecule has 210 valence electrons. The van der Waals surface area contributed by atoms with Crippen LogP contribution in [0.25, 0.3) is 10.9 Å². The number of nitriles is 1. The van der Waals surface area contributed by atoms with Gasteiger partial charge < -0.3 is 14.4 Å². The van der Waals surface area contributed by atoms with Gasteiger partial charge in [-0.1, -0.05) is 0 Å². The number of benzene rings is 2. The summed E-state index contributed by atoms with van der Waals surface area (Å²) in [5.74, 6) is -2.20. The first-order valence-corrected chi connectivity index (χ1v) is 13.5. The molecule has 0 N–H and O–H groups in total. The molecular formula is C30H32F2N4O4. The number of carbonyl (C=O) groups excluding carboxylic acids is 1. The quantitative estimate of drug-likeness (QED) is 0.371. The zero-order chi connectivity index (χ0) is 28.7. The highest BCUT2D eigenvalue weighted by Gasteiger charge is 2.40. The first-order chi connectivity index (χ1) is 19.0. The second-order valence-electron chi connectivity index (χ2n) is 11.8. The van der Waals surface area contributed by atoms with Crippen LogP contribution < -0.4 is 10.3 Å². The predicted octanol–water partition coefficient (Wildman–Crippen LogP) is 6.47. The Morgan fingerprint density at radius 3 is 2.40 bits per heavy atom. The fraction of sp³-hybridized carbons (Fsp3) is 0.467. The normalized spacial score (nSPS) is 17.6. The van der Waals surface area contributed by atoms with Gasteiger partial charge in [0.2, 0.25) is 0 Å². The summed E-state index contributed by atoms with van der Waals surface area (Å²) in [6.45, 7) is 6.93. The second-order valence-corrected chi connectivity index (χ2v) is 11.8. The molecule has 2 heterocycles. The summed E-state index contributed by atoms with van der Waals surface area (Å²) in [5.41, 5.74) is -0.700. The molecule has 3 aromatic rings. The molecule has 1 aliphatic carbocycles. The van der Waals surface area contributed by atoms with Crippen LogP contribution in [0.3, 0.4) is 0 Å². The minimum atomic E-state index is -0.894. The van der Waals surface area contributed by atoms with E-state index in [1.807, 2.05) is 20.8 Å². The van der Waals surface area contributed by atoms with Gasteiger partial charge in [0.1, 0.15) is 28.8 Å². The van der Waals surface area contributed by atoms with Crippen LogP contribution in [0.4, 0.5) is 13.6 Å². The van der Waals surface area contributed by atoms with Crippen molar-refractivity contribution in [2.45, 2.75) is 70.9 Å². The molecule has 5 rings (SSSR count). The molecule has 1 saturated carbocycles. The minimum Gasteiger partial charge on any atom is -0.453 e. The van der Waals surface area contributed by atoms with Crippen LogP contribution in [-0.4, -0.2) is 39.2 Å². The maximum Gasteiger partial charge on any atom is 0.410 e. The van der Waals surface area contributed by atoms with Gasteiger partial charge in [0, 0.05) is 19.1 Å². The number of carbonyl (C=O) groups is 1. The largest absolute Gasteiger partial charge is 0.453 e. The van der Waals surface area contributed by atoms with Crippen molar-refractivity contribution in [3.05, 3.63) is 64.2 Å². The van der Waals surface area contributed by atoms with Crippen molar-refractivity contribution in [2.75, 3.05) is 13.1 Å². The summed E-state index contributed by atoms with van der Waals surface area (Å²) < 4.78 is 41.0. The number of amides is 1. The third-order valence-corrected chi connectivity index (χ3v) is 8.03. The molecule has 2 aromatic carbocycles. The summed E-state index contributed by atoms with van der Waals surface area (Å²) in [4.78, 5) is 32.2. The van der Waals surface area contributed by atoms with E-state index in [1.165, 1.54) is 12.1 Å². The van der Waals surface area contributed by atoms with Gasteiger partial charge in [-0.2, -0.15) is 5.26 Å². The van der Waals surface area contributed by atoms with Gasteiger partial charge in [-0.05, 0) is 95.0 Å². The molecule has 1 amide bonds. The molecule has 1 spiro atoms. The SMILES string of the molecule is CC(C)(C)OC(=O)N1CCC2(CCC(n3cnc4ccc(Oc5c(F)ccc(F)c5C#N)cc4c3=O)CC2)CC1. The van der Waals surface area contributed by atoms with Crippen molar-refractivity contribution >= 4 is 17.0 Å². The van der Waals surface area contributed by atoms with Crippen molar-refractivity contribution in [1.29, 1.82) is 5.26 Å². The number of ether oxygens (including phenoxy) is 2. The van der Waals surface area contributed by atoms with Gasteiger partial charge in [0.25, 0.3) is 5.56 Å². The predicted molar refractivity (Wildman–Crippen MR) is 144 cm³/mol. The maximum atomic E-state index is 14.3. The number of halogens is 2. The lowest BCUT2D eigenvalue weighted by atomic mass is 9.67. The Kier molecular flexibility index (Phi) is 7.25. The van der Waals surface area contributed by atoms with Crippen LogP contribution in [0.5, 0.6) is 11.5 Å². The van der Waals surface area contributed by atoms with Gasteiger partial charge in [-0.25, -0.2) is 18.6 Å². The van der Waals surface area contributed by atoms with Crippen LogP contribution in [0, 0.1) is 28.4 Å². The van der Waals surface area contributed by atoms with E-state index in [2.05, 4.69) is 4.98 Å². The fourth-order valence-electron chi connectivity index (χ4n) is 5.78. The molecular weight excluding hydrogens is 518 g/mol. The highest BCUT2D eigenvalue weighted by molar-refractivity contribution is 5.79. The molecule has 0 bridgehead atoms. The zero-order valence-electron chi connectivity index (χ0n) is 22.9. The molecule has 0 radical (unpaired) electrons. The Morgan fingerprint density at radius 2 is 1.75 bits per heavy atom. The Bertz CT molecular complexity index is 1540. The number of likely N-dealkylation sites (tertiary alicyclic amines) is 1. The number of aromatic nitrogens is 2. The number of nitrogens with zero attached hydrogens (tertiary/aromatic N) is 4. The van der Waals surface area contributed by atoms with E-state index in [-0.39, 0.29) is 28.9 Å². The molecule has 2 aliphatic rings. The van der Waals surface area contributed by atoms with Gasteiger partial charge in [-0.3, -0.25) is 9.36 Å². The lowest BCUT2D eigenvalue weighted by molar-refractivity contribution is 0.00177. The third-order valence-electron chi connectivity index (χ3n) is 8.03. The third kappa shape index (κ3) is 5.51. The second kappa shape index (κ2) is 10.5. The van der Waals surface area contributed by atoms with E-state index in [0.29, 0.717) is 24.0 Å². The summed E-state index contributed by atoms with van der Waals surface area (Å²) in [5, 5.41) is 9.54. The van der Waals surface area contributed by atoms with E-state index in [9.17, 15) is 23.6 Å². The zero-order valence-corrected chi connectivity index (χ0v) is 22.9. The Labute approximate surface area is 231 Å². The van der Waals surface area contributed by atoms with E-state index < -0.39 is 28.5 Å². The Balaban J connectivity index is 1.30. The topological polar surface area (TPSA) is 97.4 Å². The van der Waals surface area contributed by atoms with Crippen molar-refractivity contribution in [1.82, 2.24) is 14.5 Å². The van der Waals surface area contributed by atoms with E-state index in [0.717, 1.165) is 50.7 Å². The molecule has 0 atom stereocenters. The molecule has 2 fully saturated rings. The molecule has 8 nitrogen and oxygen atoms in total. The van der Waals surface area contributed by atoms with Gasteiger partial charge in [0.15, 0.2) is 11.6 Å². The highest BCUT2D eigenvalue weighted by atomic mass is 19.1. The van der Waals surface area contributed by atoms with Gasteiger partial charge in [-0.15, -0.1) is 0 Å². The summed E-state index contributed by atoms with van der Waals surface area (Å²) >= 11 is 0. The summed E-state index contributed by atoms with van der Waals surface area (Å²) in [6, 6.07) is 7.88. The fourth-order valence-corrected chi connectivity index (χ4v) is 5.78. The lowest BCUT2D eigenvalue weighted by Gasteiger charge is -2.46. The smallest absolute Gasteiger partial charge is 0.410 e. The Hall–Kier alpha value is -4.00. The molecule has 0 unspecified atom stereocenters. The van der Waals surface area contributed by atoms with Crippen LogP contribution in [0.2, 0.25) is 0 Å². The first kappa shape index (κ1) is 27.6. The van der Waals surface area contributed by atoms with Gasteiger partial charge in [0.05, 0.1) is 17.2 Å². The molecule has 1 saturated heterocycles. The average molecular weight is 551 g/mol. The molecule has 1 aliphatic heterocycles. The summed E-state index contributed by atoms with van der Waals surface area (Å²) in [6.07, 6.45) is 6.64. The Morgan fingerprint density at radius 1 is 1.07 bits per heavy atom. The molecule has 10 heteroatoms.